The van der Waals surface area contributed by atoms with Crippen molar-refractivity contribution in [1.82, 2.24) is 0 Å². The first-order valence-corrected chi connectivity index (χ1v) is 17.8. The summed E-state index contributed by atoms with van der Waals surface area (Å²) in [5.74, 6) is -4.51. The maximum Gasteiger partial charge on any atom is 0.423 e. The maximum atomic E-state index is 13.1. The number of rotatable bonds is 16. The molecule has 14 heteroatoms. The molecule has 2 unspecified atom stereocenters. The van der Waals surface area contributed by atoms with Gasteiger partial charge < -0.3 is 18.9 Å². The van der Waals surface area contributed by atoms with E-state index in [2.05, 4.69) is 41.5 Å². The maximum absolute atomic E-state index is 13.1. The van der Waals surface area contributed by atoms with Gasteiger partial charge in [0.15, 0.2) is 11.5 Å². The van der Waals surface area contributed by atoms with Gasteiger partial charge in [-0.2, -0.15) is 0 Å². The van der Waals surface area contributed by atoms with E-state index >= 15 is 0 Å². The minimum atomic E-state index is -1.65. The average molecular weight is 789 g/mol. The van der Waals surface area contributed by atoms with Gasteiger partial charge in [0.2, 0.25) is 0 Å². The van der Waals surface area contributed by atoms with Crippen molar-refractivity contribution in [2.24, 2.45) is 23.7 Å². The lowest BCUT2D eigenvalue weighted by molar-refractivity contribution is -0.156. The third-order valence-electron chi connectivity index (χ3n) is 7.11. The third-order valence-corrected chi connectivity index (χ3v) is 9.25. The first-order valence-electron chi connectivity index (χ1n) is 15.6. The van der Waals surface area contributed by atoms with Crippen molar-refractivity contribution >= 4 is 93.5 Å². The first kappa shape index (κ1) is 42.2. The first-order chi connectivity index (χ1) is 22.4. The highest BCUT2D eigenvalue weighted by Crippen LogP contribution is 2.42. The average Bonchev–Trinajstić information content (AvgIpc) is 2.98. The summed E-state index contributed by atoms with van der Waals surface area (Å²) in [6.45, 7) is 12.8. The van der Waals surface area contributed by atoms with Gasteiger partial charge in [0, 0.05) is 0 Å². The molecule has 0 saturated carbocycles. The summed E-state index contributed by atoms with van der Waals surface area (Å²) >= 11 is 37.3. The summed E-state index contributed by atoms with van der Waals surface area (Å²) in [5.41, 5.74) is -0.935. The van der Waals surface area contributed by atoms with Gasteiger partial charge in [-0.05, 0) is 74.3 Å². The van der Waals surface area contributed by atoms with Crippen molar-refractivity contribution in [3.05, 3.63) is 53.4 Å². The number of hydrogen-bond donors (Lipinski definition) is 0. The quantitative estimate of drug-likeness (QED) is 0.0544. The Labute approximate surface area is 311 Å². The SMILES string of the molecule is CC(C)CC(C)CCCOC(=O)c1c(Cl)c(Cl)cc(Cl)c1OC(=O)C(=O)Oc1c(Cl)cc(Cl)c(Cl)c1C(=O)OCCCC(C)CC(C)C. The van der Waals surface area contributed by atoms with Gasteiger partial charge in [-0.1, -0.05) is 111 Å². The monoisotopic (exact) mass is 786 g/mol. The topological polar surface area (TPSA) is 105 Å². The van der Waals surface area contributed by atoms with E-state index in [1.165, 1.54) is 0 Å². The van der Waals surface area contributed by atoms with E-state index in [0.29, 0.717) is 36.5 Å². The predicted octanol–water partition coefficient (Wildman–Crippen LogP) is 11.4. The molecular formula is C34H40Cl6O8. The molecule has 48 heavy (non-hydrogen) atoms. The minimum Gasteiger partial charge on any atom is -0.462 e. The Morgan fingerprint density at radius 3 is 1.21 bits per heavy atom. The van der Waals surface area contributed by atoms with Gasteiger partial charge in [-0.3, -0.25) is 0 Å². The van der Waals surface area contributed by atoms with Crippen LogP contribution in [-0.4, -0.2) is 37.1 Å². The molecule has 266 valence electrons. The van der Waals surface area contributed by atoms with Crippen LogP contribution < -0.4 is 9.47 Å². The summed E-state index contributed by atoms with van der Waals surface area (Å²) in [6, 6.07) is 2.24. The molecule has 0 aliphatic heterocycles. The second kappa shape index (κ2) is 20.0. The lowest BCUT2D eigenvalue weighted by Crippen LogP contribution is -2.27. The van der Waals surface area contributed by atoms with E-state index in [4.69, 9.17) is 88.6 Å². The van der Waals surface area contributed by atoms with Crippen molar-refractivity contribution in [2.45, 2.75) is 80.1 Å². The fourth-order valence-electron chi connectivity index (χ4n) is 5.17. The fourth-order valence-corrected chi connectivity index (χ4v) is 6.61. The zero-order chi connectivity index (χ0) is 36.3. The van der Waals surface area contributed by atoms with E-state index < -0.39 is 46.5 Å². The largest absolute Gasteiger partial charge is 0.462 e. The van der Waals surface area contributed by atoms with E-state index in [9.17, 15) is 19.2 Å². The van der Waals surface area contributed by atoms with Gasteiger partial charge in [0.25, 0.3) is 0 Å². The minimum absolute atomic E-state index is 0.0445. The van der Waals surface area contributed by atoms with Crippen LogP contribution in [-0.2, 0) is 19.1 Å². The number of ether oxygens (including phenoxy) is 4. The van der Waals surface area contributed by atoms with Crippen molar-refractivity contribution in [3.63, 3.8) is 0 Å². The van der Waals surface area contributed by atoms with Crippen LogP contribution in [0.1, 0.15) is 101 Å². The van der Waals surface area contributed by atoms with Crippen LogP contribution >= 0.6 is 69.6 Å². The number of carbonyl (C=O) groups is 4. The Balaban J connectivity index is 2.22. The van der Waals surface area contributed by atoms with Crippen molar-refractivity contribution < 1.29 is 38.1 Å². The molecule has 0 bridgehead atoms. The zero-order valence-corrected chi connectivity index (χ0v) is 32.2. The lowest BCUT2D eigenvalue weighted by Gasteiger charge is -2.16. The predicted molar refractivity (Wildman–Crippen MR) is 190 cm³/mol. The van der Waals surface area contributed by atoms with Crippen LogP contribution in [0.25, 0.3) is 0 Å². The Morgan fingerprint density at radius 1 is 0.562 bits per heavy atom. The molecule has 0 N–H and O–H groups in total. The third kappa shape index (κ3) is 12.7. The molecule has 8 nitrogen and oxygen atoms in total. The van der Waals surface area contributed by atoms with Crippen LogP contribution in [0.4, 0.5) is 0 Å². The van der Waals surface area contributed by atoms with Crippen LogP contribution in [0.5, 0.6) is 11.5 Å². The van der Waals surface area contributed by atoms with Gasteiger partial charge in [0.1, 0.15) is 11.1 Å². The summed E-state index contributed by atoms with van der Waals surface area (Å²) in [6.07, 6.45) is 4.81. The van der Waals surface area contributed by atoms with Crippen molar-refractivity contribution in [3.8, 4) is 11.5 Å². The van der Waals surface area contributed by atoms with E-state index in [1.807, 2.05) is 0 Å². The van der Waals surface area contributed by atoms with Crippen LogP contribution in [0, 0.1) is 23.7 Å². The smallest absolute Gasteiger partial charge is 0.423 e. The second-order valence-corrected chi connectivity index (χ2v) is 14.9. The lowest BCUT2D eigenvalue weighted by atomic mass is 9.95. The highest BCUT2D eigenvalue weighted by molar-refractivity contribution is 6.47. The number of benzene rings is 2. The van der Waals surface area contributed by atoms with Gasteiger partial charge in [-0.25, -0.2) is 19.2 Å². The molecule has 0 spiro atoms. The Morgan fingerprint density at radius 2 is 0.896 bits per heavy atom. The zero-order valence-electron chi connectivity index (χ0n) is 27.7. The molecule has 0 heterocycles. The standard InChI is InChI=1S/C34H40Cl6O8/c1-17(2)13-19(5)9-7-11-45-31(41)25-27(39)21(35)15-23(37)29(25)47-33(43)34(44)48-30-24(38)16-22(36)28(40)26(30)32(42)46-12-8-10-20(6)14-18(3)4/h15-20H,7-14H2,1-6H3. The second-order valence-electron chi connectivity index (χ2n) is 12.5. The van der Waals surface area contributed by atoms with Crippen LogP contribution in [0.3, 0.4) is 0 Å². The summed E-state index contributed by atoms with van der Waals surface area (Å²) in [5, 5.41) is -1.51. The van der Waals surface area contributed by atoms with E-state index in [1.54, 1.807) is 0 Å². The fraction of sp³-hybridized carbons (Fsp3) is 0.529. The molecule has 0 aromatic heterocycles. The normalized spacial score (nSPS) is 12.5. The van der Waals surface area contributed by atoms with Crippen molar-refractivity contribution in [2.75, 3.05) is 13.2 Å². The molecule has 2 aromatic rings. The summed E-state index contributed by atoms with van der Waals surface area (Å²) in [7, 11) is 0. The molecular weight excluding hydrogens is 749 g/mol. The molecule has 2 rings (SSSR count). The van der Waals surface area contributed by atoms with Crippen LogP contribution in [0.15, 0.2) is 12.1 Å². The van der Waals surface area contributed by atoms with E-state index in [0.717, 1.165) is 37.8 Å². The molecule has 2 aromatic carbocycles. The highest BCUT2D eigenvalue weighted by atomic mass is 35.5. The van der Waals surface area contributed by atoms with Gasteiger partial charge >= 0.3 is 23.9 Å². The Hall–Kier alpha value is -1.94. The van der Waals surface area contributed by atoms with Gasteiger partial charge in [0.05, 0.1) is 43.3 Å². The Bertz CT molecular complexity index is 1370. The molecule has 0 radical (unpaired) electrons. The summed E-state index contributed by atoms with van der Waals surface area (Å²) < 4.78 is 21.1. The van der Waals surface area contributed by atoms with Crippen LogP contribution in [0.2, 0.25) is 30.1 Å². The molecule has 0 amide bonds. The number of carbonyl (C=O) groups excluding carboxylic acids is 4. The molecule has 0 fully saturated rings. The highest BCUT2D eigenvalue weighted by Gasteiger charge is 2.32. The molecule has 0 aliphatic carbocycles. The number of halogens is 6. The van der Waals surface area contributed by atoms with Crippen molar-refractivity contribution in [1.29, 1.82) is 0 Å². The summed E-state index contributed by atoms with van der Waals surface area (Å²) in [4.78, 5) is 52.0. The molecule has 2 atom stereocenters. The number of esters is 4. The molecule has 0 aliphatic rings. The number of hydrogen-bond acceptors (Lipinski definition) is 8. The van der Waals surface area contributed by atoms with Gasteiger partial charge in [-0.15, -0.1) is 0 Å². The molecule has 0 saturated heterocycles. The Kier molecular flexibility index (Phi) is 17.6. The van der Waals surface area contributed by atoms with E-state index in [-0.39, 0.29) is 43.3 Å².